The topological polar surface area (TPSA) is 96.9 Å². The summed E-state index contributed by atoms with van der Waals surface area (Å²) in [5, 5.41) is 2.69. The number of rotatable bonds is 7. The summed E-state index contributed by atoms with van der Waals surface area (Å²) in [6.07, 6.45) is 1.69. The SMILES string of the molecule is CCC1CN(C(=O)OC(C)(C)C)CCN1c1cc(Oc2ccc(NC(=O)Cc3ccc(F)cc3F)cc2)ncn1. The van der Waals surface area contributed by atoms with Crippen LogP contribution in [0.2, 0.25) is 0 Å². The van der Waals surface area contributed by atoms with Crippen LogP contribution in [0.3, 0.4) is 0 Å². The first-order valence-corrected chi connectivity index (χ1v) is 13.1. The molecule has 2 heterocycles. The molecular weight excluding hydrogens is 520 g/mol. The van der Waals surface area contributed by atoms with Gasteiger partial charge in [-0.3, -0.25) is 4.79 Å². The van der Waals surface area contributed by atoms with Gasteiger partial charge in [0.05, 0.1) is 6.42 Å². The van der Waals surface area contributed by atoms with Crippen molar-refractivity contribution in [3.63, 3.8) is 0 Å². The molecule has 1 aliphatic rings. The van der Waals surface area contributed by atoms with Crippen LogP contribution < -0.4 is 15.0 Å². The summed E-state index contributed by atoms with van der Waals surface area (Å²) in [6, 6.07) is 11.6. The van der Waals surface area contributed by atoms with Crippen LogP contribution in [-0.4, -0.2) is 58.1 Å². The van der Waals surface area contributed by atoms with E-state index in [0.717, 1.165) is 18.6 Å². The minimum Gasteiger partial charge on any atom is -0.444 e. The largest absolute Gasteiger partial charge is 0.444 e. The molecule has 1 fully saturated rings. The van der Waals surface area contributed by atoms with Crippen molar-refractivity contribution in [3.05, 3.63) is 72.1 Å². The van der Waals surface area contributed by atoms with Crippen molar-refractivity contribution in [1.82, 2.24) is 14.9 Å². The highest BCUT2D eigenvalue weighted by Crippen LogP contribution is 2.27. The van der Waals surface area contributed by atoms with Crippen LogP contribution in [0.15, 0.2) is 54.9 Å². The molecule has 40 heavy (non-hydrogen) atoms. The molecule has 0 saturated carbocycles. The molecule has 11 heteroatoms. The second kappa shape index (κ2) is 12.3. The number of carbonyl (C=O) groups is 2. The van der Waals surface area contributed by atoms with Crippen LogP contribution in [0.25, 0.3) is 0 Å². The molecule has 0 aliphatic carbocycles. The average Bonchev–Trinajstić information content (AvgIpc) is 2.90. The maximum absolute atomic E-state index is 13.8. The van der Waals surface area contributed by atoms with Crippen LogP contribution >= 0.6 is 0 Å². The quantitative estimate of drug-likeness (QED) is 0.409. The zero-order chi connectivity index (χ0) is 28.9. The summed E-state index contributed by atoms with van der Waals surface area (Å²) in [7, 11) is 0. The van der Waals surface area contributed by atoms with Crippen molar-refractivity contribution in [3.8, 4) is 11.6 Å². The molecule has 212 valence electrons. The van der Waals surface area contributed by atoms with Gasteiger partial charge in [0.1, 0.15) is 35.1 Å². The standard InChI is InChI=1S/C29H33F2N5O4/c1-5-22-17-35(28(38)40-29(2,3)4)12-13-36(22)25-16-27(33-18-32-25)39-23-10-8-21(9-11-23)34-26(37)14-19-6-7-20(30)15-24(19)31/h6-11,15-16,18,22H,5,12-14,17H2,1-4H3,(H,34,37). The fraction of sp³-hybridized carbons (Fsp3) is 0.379. The Balaban J connectivity index is 1.35. The molecule has 1 saturated heterocycles. The molecule has 9 nitrogen and oxygen atoms in total. The Kier molecular flexibility index (Phi) is 8.81. The lowest BCUT2D eigenvalue weighted by molar-refractivity contribution is -0.115. The average molecular weight is 554 g/mol. The number of nitrogens with one attached hydrogen (secondary N) is 1. The minimum atomic E-state index is -0.765. The van der Waals surface area contributed by atoms with E-state index in [1.807, 2.05) is 20.8 Å². The van der Waals surface area contributed by atoms with Gasteiger partial charge in [-0.2, -0.15) is 0 Å². The molecular formula is C29H33F2N5O4. The molecule has 1 atom stereocenters. The second-order valence-corrected chi connectivity index (χ2v) is 10.5. The molecule has 1 aromatic heterocycles. The molecule has 0 radical (unpaired) electrons. The van der Waals surface area contributed by atoms with E-state index >= 15 is 0 Å². The van der Waals surface area contributed by atoms with Gasteiger partial charge in [0.2, 0.25) is 11.8 Å². The molecule has 0 bridgehead atoms. The third kappa shape index (κ3) is 7.64. The van der Waals surface area contributed by atoms with Crippen molar-refractivity contribution in [1.29, 1.82) is 0 Å². The number of anilines is 2. The number of hydrogen-bond acceptors (Lipinski definition) is 7. The highest BCUT2D eigenvalue weighted by Gasteiger charge is 2.32. The first-order valence-electron chi connectivity index (χ1n) is 13.1. The number of benzene rings is 2. The maximum Gasteiger partial charge on any atom is 0.410 e. The number of hydrogen-bond donors (Lipinski definition) is 1. The lowest BCUT2D eigenvalue weighted by Crippen LogP contribution is -2.55. The predicted molar refractivity (Wildman–Crippen MR) is 146 cm³/mol. The lowest BCUT2D eigenvalue weighted by Gasteiger charge is -2.42. The van der Waals surface area contributed by atoms with Crippen LogP contribution in [0.5, 0.6) is 11.6 Å². The van der Waals surface area contributed by atoms with Crippen LogP contribution in [0.1, 0.15) is 39.7 Å². The summed E-state index contributed by atoms with van der Waals surface area (Å²) in [5.74, 6) is -0.362. The van der Waals surface area contributed by atoms with E-state index in [1.54, 1.807) is 35.2 Å². The minimum absolute atomic E-state index is 0.0512. The van der Waals surface area contributed by atoms with Crippen molar-refractivity contribution in [2.45, 2.75) is 52.2 Å². The van der Waals surface area contributed by atoms with Crippen molar-refractivity contribution in [2.24, 2.45) is 0 Å². The molecule has 1 aliphatic heterocycles. The summed E-state index contributed by atoms with van der Waals surface area (Å²) >= 11 is 0. The Bertz CT molecular complexity index is 1350. The maximum atomic E-state index is 13.8. The summed E-state index contributed by atoms with van der Waals surface area (Å²) < 4.78 is 38.4. The van der Waals surface area contributed by atoms with E-state index in [9.17, 15) is 18.4 Å². The smallest absolute Gasteiger partial charge is 0.410 e. The first-order chi connectivity index (χ1) is 19.0. The van der Waals surface area contributed by atoms with E-state index in [0.29, 0.717) is 42.8 Å². The monoisotopic (exact) mass is 553 g/mol. The van der Waals surface area contributed by atoms with Crippen molar-refractivity contribution in [2.75, 3.05) is 29.9 Å². The number of piperazine rings is 1. The van der Waals surface area contributed by atoms with Gasteiger partial charge >= 0.3 is 6.09 Å². The fourth-order valence-electron chi connectivity index (χ4n) is 4.31. The summed E-state index contributed by atoms with van der Waals surface area (Å²) in [4.78, 5) is 37.4. The highest BCUT2D eigenvalue weighted by atomic mass is 19.1. The van der Waals surface area contributed by atoms with E-state index < -0.39 is 23.1 Å². The Morgan fingerprint density at radius 2 is 1.80 bits per heavy atom. The van der Waals surface area contributed by atoms with Gasteiger partial charge in [0, 0.05) is 43.5 Å². The molecule has 0 spiro atoms. The molecule has 3 aromatic rings. The third-order valence-electron chi connectivity index (χ3n) is 6.25. The molecule has 2 aromatic carbocycles. The number of carbonyl (C=O) groups excluding carboxylic acids is 2. The number of halogens is 2. The second-order valence-electron chi connectivity index (χ2n) is 10.5. The number of amides is 2. The summed E-state index contributed by atoms with van der Waals surface area (Å²) in [5.41, 5.74) is 0.0500. The number of ether oxygens (including phenoxy) is 2. The Labute approximate surface area is 232 Å². The van der Waals surface area contributed by atoms with Crippen LogP contribution in [0.4, 0.5) is 25.1 Å². The normalized spacial score (nSPS) is 15.5. The van der Waals surface area contributed by atoms with E-state index in [2.05, 4.69) is 27.1 Å². The van der Waals surface area contributed by atoms with Gasteiger partial charge in [0.25, 0.3) is 0 Å². The van der Waals surface area contributed by atoms with Crippen molar-refractivity contribution >= 4 is 23.5 Å². The molecule has 1 unspecified atom stereocenters. The van der Waals surface area contributed by atoms with Crippen LogP contribution in [0, 0.1) is 11.6 Å². The molecule has 2 amide bonds. The number of nitrogens with zero attached hydrogens (tertiary/aromatic N) is 4. The van der Waals surface area contributed by atoms with Gasteiger partial charge in [-0.05, 0) is 63.1 Å². The van der Waals surface area contributed by atoms with E-state index in [-0.39, 0.29) is 24.1 Å². The van der Waals surface area contributed by atoms with Gasteiger partial charge in [-0.15, -0.1) is 0 Å². The van der Waals surface area contributed by atoms with Gasteiger partial charge < -0.3 is 24.6 Å². The Hall–Kier alpha value is -4.28. The van der Waals surface area contributed by atoms with Gasteiger partial charge in [0.15, 0.2) is 0 Å². The summed E-state index contributed by atoms with van der Waals surface area (Å²) in [6.45, 7) is 9.23. The Morgan fingerprint density at radius 3 is 2.48 bits per heavy atom. The predicted octanol–water partition coefficient (Wildman–Crippen LogP) is 5.56. The van der Waals surface area contributed by atoms with E-state index in [1.165, 1.54) is 12.4 Å². The third-order valence-corrected chi connectivity index (χ3v) is 6.25. The highest BCUT2D eigenvalue weighted by molar-refractivity contribution is 5.92. The van der Waals surface area contributed by atoms with E-state index in [4.69, 9.17) is 9.47 Å². The van der Waals surface area contributed by atoms with Gasteiger partial charge in [-0.25, -0.2) is 23.5 Å². The Morgan fingerprint density at radius 1 is 1.05 bits per heavy atom. The zero-order valence-corrected chi connectivity index (χ0v) is 23.0. The molecule has 1 N–H and O–H groups in total. The first kappa shape index (κ1) is 28.7. The van der Waals surface area contributed by atoms with Gasteiger partial charge in [-0.1, -0.05) is 13.0 Å². The van der Waals surface area contributed by atoms with Crippen molar-refractivity contribution < 1.29 is 27.8 Å². The number of aromatic nitrogens is 2. The lowest BCUT2D eigenvalue weighted by atomic mass is 10.1. The zero-order valence-electron chi connectivity index (χ0n) is 23.0. The van der Waals surface area contributed by atoms with Crippen LogP contribution in [-0.2, 0) is 16.0 Å². The molecule has 4 rings (SSSR count). The fourth-order valence-corrected chi connectivity index (χ4v) is 4.31.